The number of aryl methyl sites for hydroxylation is 2. The molecule has 5 nitrogen and oxygen atoms in total. The molecule has 0 unspecified atom stereocenters. The quantitative estimate of drug-likeness (QED) is 0.489. The largest absolute Gasteiger partial charge is 0.478 e. The summed E-state index contributed by atoms with van der Waals surface area (Å²) in [6.45, 7) is 4.39. The minimum Gasteiger partial charge on any atom is -0.478 e. The molecule has 2 aromatic carbocycles. The molecule has 0 spiro atoms. The molecular formula is C25H26N2O3. The molecule has 0 fully saturated rings. The first-order valence-electron chi connectivity index (χ1n) is 9.96. The molecule has 154 valence electrons. The van der Waals surface area contributed by atoms with Crippen LogP contribution < -0.4 is 0 Å². The van der Waals surface area contributed by atoms with E-state index in [4.69, 9.17) is 4.74 Å². The molecule has 30 heavy (non-hydrogen) atoms. The fourth-order valence-electron chi connectivity index (χ4n) is 3.23. The molecular weight excluding hydrogens is 376 g/mol. The lowest BCUT2D eigenvalue weighted by molar-refractivity contribution is 0.0689. The standard InChI is InChI=1S/C25H26N2O3/c1-18(16-30-17-21-9-5-7-19(2)24(21)25(28)29)15-26-14-6-10-22-13-12-20-8-3-4-11-23(20)27-22/h3-5,7-9,11-15H,6,10,16-17H2,1-2H3,(H,28,29)/b18-15+,26-14?. The van der Waals surface area contributed by atoms with Gasteiger partial charge in [-0.2, -0.15) is 0 Å². The normalized spacial score (nSPS) is 12.0. The number of carboxylic acids is 1. The van der Waals surface area contributed by atoms with Gasteiger partial charge in [0.1, 0.15) is 0 Å². The lowest BCUT2D eigenvalue weighted by atomic mass is 10.0. The van der Waals surface area contributed by atoms with E-state index in [1.807, 2.05) is 37.4 Å². The second-order valence-electron chi connectivity index (χ2n) is 7.25. The zero-order chi connectivity index (χ0) is 21.3. The average Bonchev–Trinajstić information content (AvgIpc) is 2.73. The summed E-state index contributed by atoms with van der Waals surface area (Å²) in [6.07, 6.45) is 5.30. The highest BCUT2D eigenvalue weighted by atomic mass is 16.5. The van der Waals surface area contributed by atoms with E-state index in [2.05, 4.69) is 28.2 Å². The van der Waals surface area contributed by atoms with E-state index >= 15 is 0 Å². The van der Waals surface area contributed by atoms with E-state index < -0.39 is 5.97 Å². The summed E-state index contributed by atoms with van der Waals surface area (Å²) in [5.41, 5.74) is 4.78. The van der Waals surface area contributed by atoms with Crippen LogP contribution in [0.4, 0.5) is 0 Å². The van der Waals surface area contributed by atoms with Crippen molar-refractivity contribution in [2.24, 2.45) is 4.99 Å². The van der Waals surface area contributed by atoms with Gasteiger partial charge in [0.2, 0.25) is 0 Å². The molecule has 0 saturated carbocycles. The topological polar surface area (TPSA) is 71.8 Å². The Labute approximate surface area is 176 Å². The van der Waals surface area contributed by atoms with Gasteiger partial charge in [0, 0.05) is 23.5 Å². The van der Waals surface area contributed by atoms with E-state index in [0.717, 1.165) is 40.6 Å². The molecule has 3 aromatic rings. The molecule has 1 N–H and O–H groups in total. The van der Waals surface area contributed by atoms with Gasteiger partial charge < -0.3 is 9.84 Å². The minimum atomic E-state index is -0.926. The van der Waals surface area contributed by atoms with Crippen molar-refractivity contribution in [2.75, 3.05) is 6.61 Å². The summed E-state index contributed by atoms with van der Waals surface area (Å²) in [7, 11) is 0. The average molecular weight is 402 g/mol. The van der Waals surface area contributed by atoms with E-state index in [0.29, 0.717) is 17.7 Å². The first-order chi connectivity index (χ1) is 14.5. The summed E-state index contributed by atoms with van der Waals surface area (Å²) in [5, 5.41) is 10.5. The predicted octanol–water partition coefficient (Wildman–Crippen LogP) is 5.37. The predicted molar refractivity (Wildman–Crippen MR) is 120 cm³/mol. The third kappa shape index (κ3) is 5.84. The number of rotatable bonds is 9. The summed E-state index contributed by atoms with van der Waals surface area (Å²) in [5.74, 6) is -0.926. The maximum atomic E-state index is 11.4. The van der Waals surface area contributed by atoms with Crippen molar-refractivity contribution >= 4 is 23.1 Å². The second kappa shape index (κ2) is 10.5. The minimum absolute atomic E-state index is 0.256. The van der Waals surface area contributed by atoms with E-state index in [1.165, 1.54) is 0 Å². The maximum Gasteiger partial charge on any atom is 0.336 e. The summed E-state index contributed by atoms with van der Waals surface area (Å²) < 4.78 is 5.68. The first kappa shape index (κ1) is 21.4. The van der Waals surface area contributed by atoms with Gasteiger partial charge in [0.25, 0.3) is 0 Å². The van der Waals surface area contributed by atoms with Crippen LogP contribution in [0.1, 0.15) is 40.5 Å². The maximum absolute atomic E-state index is 11.4. The number of aromatic nitrogens is 1. The Kier molecular flexibility index (Phi) is 7.46. The number of hydrogen-bond acceptors (Lipinski definition) is 4. The Balaban J connectivity index is 1.45. The van der Waals surface area contributed by atoms with Gasteiger partial charge in [-0.05, 0) is 55.5 Å². The van der Waals surface area contributed by atoms with E-state index in [-0.39, 0.29) is 6.61 Å². The lowest BCUT2D eigenvalue weighted by Crippen LogP contribution is -2.07. The lowest BCUT2D eigenvalue weighted by Gasteiger charge is -2.09. The van der Waals surface area contributed by atoms with Gasteiger partial charge in [0.05, 0.1) is 24.3 Å². The van der Waals surface area contributed by atoms with Crippen molar-refractivity contribution in [2.45, 2.75) is 33.3 Å². The highest BCUT2D eigenvalue weighted by Gasteiger charge is 2.12. The first-order valence-corrected chi connectivity index (χ1v) is 9.96. The van der Waals surface area contributed by atoms with E-state index in [9.17, 15) is 9.90 Å². The molecule has 0 saturated heterocycles. The molecule has 0 aliphatic carbocycles. The van der Waals surface area contributed by atoms with Crippen molar-refractivity contribution in [3.8, 4) is 0 Å². The molecule has 5 heteroatoms. The number of hydrogen-bond donors (Lipinski definition) is 1. The number of aromatic carboxylic acids is 1. The zero-order valence-electron chi connectivity index (χ0n) is 17.3. The fraction of sp³-hybridized carbons (Fsp3) is 0.240. The van der Waals surface area contributed by atoms with Crippen LogP contribution in [0.3, 0.4) is 0 Å². The van der Waals surface area contributed by atoms with Crippen molar-refractivity contribution < 1.29 is 14.6 Å². The highest BCUT2D eigenvalue weighted by Crippen LogP contribution is 2.16. The monoisotopic (exact) mass is 402 g/mol. The van der Waals surface area contributed by atoms with Crippen LogP contribution >= 0.6 is 0 Å². The Bertz CT molecular complexity index is 1090. The van der Waals surface area contributed by atoms with Crippen molar-refractivity contribution in [3.63, 3.8) is 0 Å². The van der Waals surface area contributed by atoms with Crippen molar-refractivity contribution in [1.82, 2.24) is 4.98 Å². The number of carboxylic acid groups (broad SMARTS) is 1. The van der Waals surface area contributed by atoms with Crippen molar-refractivity contribution in [1.29, 1.82) is 0 Å². The van der Waals surface area contributed by atoms with Gasteiger partial charge in [0.15, 0.2) is 0 Å². The summed E-state index contributed by atoms with van der Waals surface area (Å²) in [4.78, 5) is 20.4. The molecule has 0 amide bonds. The van der Waals surface area contributed by atoms with Crippen LogP contribution in [-0.4, -0.2) is 28.9 Å². The van der Waals surface area contributed by atoms with Crippen LogP contribution in [0.15, 0.2) is 71.4 Å². The number of benzene rings is 2. The molecule has 0 aliphatic heterocycles. The van der Waals surface area contributed by atoms with Gasteiger partial charge in [-0.25, -0.2) is 4.79 Å². The van der Waals surface area contributed by atoms with Gasteiger partial charge >= 0.3 is 5.97 Å². The summed E-state index contributed by atoms with van der Waals surface area (Å²) in [6, 6.07) is 17.7. The van der Waals surface area contributed by atoms with Gasteiger partial charge in [-0.3, -0.25) is 9.98 Å². The van der Waals surface area contributed by atoms with E-state index in [1.54, 1.807) is 25.3 Å². The number of para-hydroxylation sites is 1. The van der Waals surface area contributed by atoms with Crippen molar-refractivity contribution in [3.05, 3.63) is 88.8 Å². The number of aliphatic imine (C=N–C) groups is 1. The molecule has 0 atom stereocenters. The van der Waals surface area contributed by atoms with Crippen LogP contribution in [0, 0.1) is 6.92 Å². The van der Waals surface area contributed by atoms with Crippen LogP contribution in [-0.2, 0) is 17.8 Å². The third-order valence-electron chi connectivity index (χ3n) is 4.75. The van der Waals surface area contributed by atoms with Crippen LogP contribution in [0.5, 0.6) is 0 Å². The van der Waals surface area contributed by atoms with Gasteiger partial charge in [-0.15, -0.1) is 0 Å². The molecule has 0 aliphatic rings. The summed E-state index contributed by atoms with van der Waals surface area (Å²) >= 11 is 0. The Morgan fingerprint density at radius 2 is 1.97 bits per heavy atom. The zero-order valence-corrected chi connectivity index (χ0v) is 17.3. The third-order valence-corrected chi connectivity index (χ3v) is 4.75. The highest BCUT2D eigenvalue weighted by molar-refractivity contribution is 5.91. The Morgan fingerprint density at radius 1 is 1.13 bits per heavy atom. The Morgan fingerprint density at radius 3 is 2.80 bits per heavy atom. The van der Waals surface area contributed by atoms with Crippen LogP contribution in [0.2, 0.25) is 0 Å². The molecule has 1 heterocycles. The number of ether oxygens (including phenoxy) is 1. The smallest absolute Gasteiger partial charge is 0.336 e. The molecule has 0 radical (unpaired) electrons. The Hall–Kier alpha value is -3.31. The van der Waals surface area contributed by atoms with Crippen LogP contribution in [0.25, 0.3) is 10.9 Å². The number of fused-ring (bicyclic) bond motifs is 1. The second-order valence-corrected chi connectivity index (χ2v) is 7.25. The number of carbonyl (C=O) groups is 1. The SMILES string of the molecule is C/C(=C\N=CCCc1ccc2ccccc2n1)COCc1cccc(C)c1C(=O)O. The fourth-order valence-corrected chi connectivity index (χ4v) is 3.23. The number of pyridine rings is 1. The molecule has 3 rings (SSSR count). The molecule has 1 aromatic heterocycles. The number of nitrogens with zero attached hydrogens (tertiary/aromatic N) is 2. The van der Waals surface area contributed by atoms with Gasteiger partial charge in [-0.1, -0.05) is 42.5 Å². The molecule has 0 bridgehead atoms.